The van der Waals surface area contributed by atoms with Crippen molar-refractivity contribution in [2.75, 3.05) is 57.9 Å². The summed E-state index contributed by atoms with van der Waals surface area (Å²) in [6, 6.07) is 2.86. The first-order chi connectivity index (χ1) is 26.3. The Bertz CT molecular complexity index is 1350. The van der Waals surface area contributed by atoms with Crippen molar-refractivity contribution in [1.82, 2.24) is 31.9 Å². The number of amides is 8. The second-order valence-corrected chi connectivity index (χ2v) is 12.9. The largest absolute Gasteiger partial charge is 0.445 e. The minimum Gasteiger partial charge on any atom is -0.445 e. The number of nitrogens with two attached hydrogens (primary N) is 2. The number of nitrogens with one attached hydrogen (secondary N) is 7. The summed E-state index contributed by atoms with van der Waals surface area (Å²) in [5.74, 6) is -2.49. The van der Waals surface area contributed by atoms with Gasteiger partial charge in [0.1, 0.15) is 24.7 Å². The van der Waals surface area contributed by atoms with Gasteiger partial charge in [0.05, 0.1) is 26.4 Å². The van der Waals surface area contributed by atoms with Crippen LogP contribution in [0.1, 0.15) is 71.8 Å². The zero-order valence-electron chi connectivity index (χ0n) is 32.5. The van der Waals surface area contributed by atoms with E-state index in [0.29, 0.717) is 76.3 Å². The van der Waals surface area contributed by atoms with E-state index in [1.54, 1.807) is 45.0 Å². The molecule has 0 spiro atoms. The molecule has 1 aromatic carbocycles. The molecule has 19 heteroatoms. The van der Waals surface area contributed by atoms with Crippen molar-refractivity contribution in [3.63, 3.8) is 0 Å². The van der Waals surface area contributed by atoms with Crippen molar-refractivity contribution in [2.45, 2.75) is 91.0 Å². The fourth-order valence-electron chi connectivity index (χ4n) is 4.89. The number of unbranched alkanes of at least 4 members (excludes halogenated alkanes) is 1. The van der Waals surface area contributed by atoms with Gasteiger partial charge in [0.2, 0.25) is 29.5 Å². The number of hydrogen-bond acceptors (Lipinski definition) is 11. The van der Waals surface area contributed by atoms with E-state index in [9.17, 15) is 33.6 Å². The van der Waals surface area contributed by atoms with Crippen molar-refractivity contribution >= 4 is 47.3 Å². The smallest absolute Gasteiger partial charge is 0.407 e. The van der Waals surface area contributed by atoms with Crippen LogP contribution in [0.4, 0.5) is 15.3 Å². The molecule has 0 saturated carbocycles. The highest BCUT2D eigenvalue weighted by molar-refractivity contribution is 5.99. The summed E-state index contributed by atoms with van der Waals surface area (Å²) in [5.41, 5.74) is 11.8. The maximum atomic E-state index is 13.5. The molecule has 11 N–H and O–H groups in total. The molecule has 3 atom stereocenters. The number of anilines is 1. The normalized spacial score (nSPS) is 12.4. The molecule has 1 aromatic rings. The number of hydrogen-bond donors (Lipinski definition) is 9. The van der Waals surface area contributed by atoms with Crippen molar-refractivity contribution in [1.29, 1.82) is 0 Å². The van der Waals surface area contributed by atoms with Crippen LogP contribution in [0.25, 0.3) is 0 Å². The lowest BCUT2D eigenvalue weighted by Gasteiger charge is -2.27. The highest BCUT2D eigenvalue weighted by Crippen LogP contribution is 2.13. The Morgan fingerprint density at radius 2 is 1.33 bits per heavy atom. The molecule has 0 heterocycles. The van der Waals surface area contributed by atoms with Crippen LogP contribution in [-0.4, -0.2) is 112 Å². The predicted molar refractivity (Wildman–Crippen MR) is 204 cm³/mol. The molecule has 310 valence electrons. The van der Waals surface area contributed by atoms with E-state index in [1.807, 2.05) is 0 Å². The van der Waals surface area contributed by atoms with E-state index >= 15 is 0 Å². The third-order valence-corrected chi connectivity index (χ3v) is 7.86. The molecule has 0 bridgehead atoms. The minimum atomic E-state index is -1.06. The van der Waals surface area contributed by atoms with Gasteiger partial charge in [-0.1, -0.05) is 32.9 Å². The van der Waals surface area contributed by atoms with E-state index in [2.05, 4.69) is 37.2 Å². The first-order valence-electron chi connectivity index (χ1n) is 18.6. The quantitative estimate of drug-likeness (QED) is 0.0515. The first-order valence-corrected chi connectivity index (χ1v) is 18.6. The molecule has 0 radical (unpaired) electrons. The van der Waals surface area contributed by atoms with Crippen LogP contribution < -0.4 is 48.7 Å². The Morgan fingerprint density at radius 1 is 0.709 bits per heavy atom. The van der Waals surface area contributed by atoms with Gasteiger partial charge in [0.25, 0.3) is 0 Å². The fraction of sp³-hybridized carbons (Fsp3) is 0.639. The van der Waals surface area contributed by atoms with Crippen molar-refractivity contribution in [3.05, 3.63) is 29.8 Å². The number of benzene rings is 1. The van der Waals surface area contributed by atoms with Gasteiger partial charge in [0, 0.05) is 38.7 Å². The molecular weight excluding hydrogens is 718 g/mol. The van der Waals surface area contributed by atoms with Gasteiger partial charge in [-0.15, -0.1) is 0 Å². The fourth-order valence-corrected chi connectivity index (χ4v) is 4.89. The van der Waals surface area contributed by atoms with Crippen LogP contribution in [0, 0.1) is 5.92 Å². The number of carbonyl (C=O) groups is 7. The summed E-state index contributed by atoms with van der Waals surface area (Å²) in [5, 5.41) is 18.6. The minimum absolute atomic E-state index is 0.0347. The lowest BCUT2D eigenvalue weighted by atomic mass is 10.0. The van der Waals surface area contributed by atoms with E-state index in [4.69, 9.17) is 25.7 Å². The highest BCUT2D eigenvalue weighted by Gasteiger charge is 2.31. The summed E-state index contributed by atoms with van der Waals surface area (Å²) in [6.45, 7) is 9.07. The number of rotatable bonds is 28. The average Bonchev–Trinajstić information content (AvgIpc) is 3.14. The van der Waals surface area contributed by atoms with Crippen LogP contribution in [-0.2, 0) is 44.8 Å². The topological polar surface area (TPSA) is 283 Å². The van der Waals surface area contributed by atoms with Crippen molar-refractivity contribution in [3.8, 4) is 0 Å². The maximum absolute atomic E-state index is 13.5. The zero-order valence-corrected chi connectivity index (χ0v) is 32.5. The Hall–Kier alpha value is -5.01. The summed E-state index contributed by atoms with van der Waals surface area (Å²) < 4.78 is 16.0. The first kappa shape index (κ1) is 48.0. The van der Waals surface area contributed by atoms with Gasteiger partial charge < -0.3 is 62.9 Å². The molecule has 0 aliphatic rings. The van der Waals surface area contributed by atoms with Gasteiger partial charge in [-0.25, -0.2) is 9.59 Å². The van der Waals surface area contributed by atoms with E-state index in [-0.39, 0.29) is 44.5 Å². The third-order valence-electron chi connectivity index (χ3n) is 7.86. The Morgan fingerprint density at radius 3 is 1.91 bits per heavy atom. The van der Waals surface area contributed by atoms with Crippen LogP contribution in [0.5, 0.6) is 0 Å². The summed E-state index contributed by atoms with van der Waals surface area (Å²) in [7, 11) is 0. The van der Waals surface area contributed by atoms with Gasteiger partial charge in [-0.3, -0.25) is 24.0 Å². The number of primary amides is 1. The average molecular weight is 780 g/mol. The van der Waals surface area contributed by atoms with Gasteiger partial charge in [-0.05, 0) is 62.3 Å². The predicted octanol–water partition coefficient (Wildman–Crippen LogP) is 0.119. The molecule has 0 saturated heterocycles. The number of urea groups is 1. The molecular formula is C36H61N9O10. The number of alkyl carbamates (subject to hydrolysis) is 1. The lowest BCUT2D eigenvalue weighted by Crippen LogP contribution is -2.57. The summed E-state index contributed by atoms with van der Waals surface area (Å²) in [6.07, 6.45) is 1.80. The number of ether oxygens (including phenoxy) is 3. The molecule has 0 aliphatic carbocycles. The Balaban J connectivity index is 2.71. The van der Waals surface area contributed by atoms with Crippen LogP contribution in [0.3, 0.4) is 0 Å². The highest BCUT2D eigenvalue weighted by atomic mass is 16.5. The SMILES string of the molecule is CCC(=O)NCCOCCOCCNC(=O)OCc1ccc(NC(=O)C(CCCNC(N)=O)NC(=O)[C@@H](NC(=O)C(CCCCN)NC(C)=O)C(C)C)cc1. The Labute approximate surface area is 322 Å². The molecule has 0 fully saturated rings. The summed E-state index contributed by atoms with van der Waals surface area (Å²) in [4.78, 5) is 86.3. The molecule has 19 nitrogen and oxygen atoms in total. The molecule has 0 aromatic heterocycles. The standard InChI is InChI=1S/C36H61N9O10/c1-5-30(47)39-17-19-53-21-22-54-20-18-41-36(52)55-23-26-11-13-27(14-12-26)43-32(48)29(10-8-16-40-35(38)51)44-34(50)31(24(2)3)45-33(49)28(42-25(4)46)9-6-7-15-37/h11-14,24,28-29,31H,5-10,15-23,37H2,1-4H3,(H,39,47)(H,41,52)(H,42,46)(H,43,48)(H,44,50)(H,45,49)(H3,38,40,51)/t28?,29?,31-/m0/s1. The van der Waals surface area contributed by atoms with E-state index in [1.165, 1.54) is 6.92 Å². The molecule has 55 heavy (non-hydrogen) atoms. The zero-order chi connectivity index (χ0) is 41.0. The Kier molecular flexibility index (Phi) is 24.8. The monoisotopic (exact) mass is 779 g/mol. The van der Waals surface area contributed by atoms with Crippen LogP contribution in [0.15, 0.2) is 24.3 Å². The van der Waals surface area contributed by atoms with Gasteiger partial charge in [-0.2, -0.15) is 0 Å². The lowest BCUT2D eigenvalue weighted by molar-refractivity contribution is -0.133. The molecule has 2 unspecified atom stereocenters. The van der Waals surface area contributed by atoms with Gasteiger partial charge >= 0.3 is 12.1 Å². The van der Waals surface area contributed by atoms with E-state index < -0.39 is 53.9 Å². The molecule has 1 rings (SSSR count). The van der Waals surface area contributed by atoms with Crippen LogP contribution >= 0.6 is 0 Å². The van der Waals surface area contributed by atoms with Gasteiger partial charge in [0.15, 0.2) is 0 Å². The van der Waals surface area contributed by atoms with Crippen molar-refractivity contribution in [2.24, 2.45) is 17.4 Å². The van der Waals surface area contributed by atoms with E-state index in [0.717, 1.165) is 0 Å². The third kappa shape index (κ3) is 22.7. The van der Waals surface area contributed by atoms with Crippen LogP contribution in [0.2, 0.25) is 0 Å². The second-order valence-electron chi connectivity index (χ2n) is 12.9. The maximum Gasteiger partial charge on any atom is 0.407 e. The molecule has 8 amide bonds. The number of carbonyl (C=O) groups excluding carboxylic acids is 7. The molecule has 0 aliphatic heterocycles. The van der Waals surface area contributed by atoms with Crippen molar-refractivity contribution < 1.29 is 47.8 Å². The summed E-state index contributed by atoms with van der Waals surface area (Å²) >= 11 is 0. The second kappa shape index (κ2) is 28.4.